The van der Waals surface area contributed by atoms with E-state index in [1.807, 2.05) is 0 Å². The highest BCUT2D eigenvalue weighted by atomic mass is 32.1. The second-order valence-corrected chi connectivity index (χ2v) is 9.22. The van der Waals surface area contributed by atoms with Crippen molar-refractivity contribution >= 4 is 40.0 Å². The van der Waals surface area contributed by atoms with Crippen LogP contribution in [0.25, 0.3) is 0 Å². The van der Waals surface area contributed by atoms with Crippen molar-refractivity contribution in [1.29, 1.82) is 0 Å². The predicted octanol–water partition coefficient (Wildman–Crippen LogP) is 3.67. The number of carbonyl (C=O) groups excluding carboxylic acids is 4. The van der Waals surface area contributed by atoms with Gasteiger partial charge in [0.05, 0.1) is 23.8 Å². The molecule has 4 rings (SSSR count). The highest BCUT2D eigenvalue weighted by molar-refractivity contribution is 7.17. The topological polar surface area (TPSA) is 92.8 Å². The summed E-state index contributed by atoms with van der Waals surface area (Å²) in [5, 5.41) is 3.26. The first-order valence-corrected chi connectivity index (χ1v) is 11.2. The first kappa shape index (κ1) is 21.2. The average molecular weight is 441 g/mol. The van der Waals surface area contributed by atoms with Crippen molar-refractivity contribution in [1.82, 2.24) is 4.90 Å². The molecule has 8 heteroatoms. The van der Waals surface area contributed by atoms with Crippen LogP contribution in [0.1, 0.15) is 68.2 Å². The van der Waals surface area contributed by atoms with E-state index >= 15 is 0 Å². The molecule has 1 aromatic carbocycles. The molecule has 0 saturated heterocycles. The van der Waals surface area contributed by atoms with E-state index in [0.717, 1.165) is 41.0 Å². The zero-order chi connectivity index (χ0) is 22.3. The average Bonchev–Trinajstić information content (AvgIpc) is 3.24. The number of benzene rings is 1. The van der Waals surface area contributed by atoms with Gasteiger partial charge < -0.3 is 10.1 Å². The maximum Gasteiger partial charge on any atom is 0.341 e. The Morgan fingerprint density at radius 1 is 1.06 bits per heavy atom. The molecule has 1 unspecified atom stereocenters. The van der Waals surface area contributed by atoms with Gasteiger partial charge in [-0.15, -0.1) is 11.3 Å². The molecule has 1 N–H and O–H groups in total. The minimum absolute atomic E-state index is 0.299. The smallest absolute Gasteiger partial charge is 0.341 e. The monoisotopic (exact) mass is 440 g/mol. The number of amides is 3. The number of imide groups is 1. The molecule has 1 aliphatic heterocycles. The number of nitrogens with one attached hydrogen (secondary N) is 1. The minimum Gasteiger partial charge on any atom is -0.465 e. The van der Waals surface area contributed by atoms with E-state index in [9.17, 15) is 19.2 Å². The van der Waals surface area contributed by atoms with Crippen molar-refractivity contribution in [2.75, 3.05) is 12.4 Å². The first-order chi connectivity index (χ1) is 14.8. The standard InChI is InChI=1S/C23H24N2O5S/c1-12(2)18(25-21(27)13-8-4-5-9-14(13)22(25)28)19(26)24-20-17(23(29)30-3)15-10-6-7-11-16(15)31-20/h4-5,8-9,12,18H,6-7,10-11H2,1-3H3,(H,24,26). The molecule has 2 aromatic rings. The summed E-state index contributed by atoms with van der Waals surface area (Å²) >= 11 is 1.37. The van der Waals surface area contributed by atoms with Crippen molar-refractivity contribution in [2.24, 2.45) is 5.92 Å². The van der Waals surface area contributed by atoms with Crippen LogP contribution in [-0.4, -0.2) is 41.7 Å². The van der Waals surface area contributed by atoms with Crippen LogP contribution < -0.4 is 5.32 Å². The Balaban J connectivity index is 1.67. The zero-order valence-corrected chi connectivity index (χ0v) is 18.5. The lowest BCUT2D eigenvalue weighted by Crippen LogP contribution is -2.50. The number of anilines is 1. The maximum atomic E-state index is 13.4. The van der Waals surface area contributed by atoms with E-state index in [1.54, 1.807) is 38.1 Å². The highest BCUT2D eigenvalue weighted by Crippen LogP contribution is 2.39. The van der Waals surface area contributed by atoms with Gasteiger partial charge in [-0.25, -0.2) is 4.79 Å². The Labute approximate surface area is 184 Å². The summed E-state index contributed by atoms with van der Waals surface area (Å²) < 4.78 is 4.96. The van der Waals surface area contributed by atoms with Crippen molar-refractivity contribution in [3.8, 4) is 0 Å². The Hall–Kier alpha value is -3.00. The number of methoxy groups -OCH3 is 1. The maximum absolute atomic E-state index is 13.4. The lowest BCUT2D eigenvalue weighted by Gasteiger charge is -2.28. The second-order valence-electron chi connectivity index (χ2n) is 8.11. The van der Waals surface area contributed by atoms with Crippen LogP contribution in [0.3, 0.4) is 0 Å². The Morgan fingerprint density at radius 3 is 2.26 bits per heavy atom. The molecule has 0 fully saturated rings. The summed E-state index contributed by atoms with van der Waals surface area (Å²) in [7, 11) is 1.32. The minimum atomic E-state index is -1.00. The van der Waals surface area contributed by atoms with Gasteiger partial charge in [0.2, 0.25) is 5.91 Å². The van der Waals surface area contributed by atoms with Crippen LogP contribution in [0.15, 0.2) is 24.3 Å². The second kappa shape index (κ2) is 8.26. The fraction of sp³-hybridized carbons (Fsp3) is 0.391. The quantitative estimate of drug-likeness (QED) is 0.566. The highest BCUT2D eigenvalue weighted by Gasteiger charge is 2.44. The fourth-order valence-corrected chi connectivity index (χ4v) is 5.62. The summed E-state index contributed by atoms with van der Waals surface area (Å²) in [5.41, 5.74) is 1.92. The van der Waals surface area contributed by atoms with Crippen LogP contribution in [-0.2, 0) is 22.4 Å². The van der Waals surface area contributed by atoms with Crippen LogP contribution >= 0.6 is 11.3 Å². The third-order valence-corrected chi connectivity index (χ3v) is 7.01. The summed E-state index contributed by atoms with van der Waals surface area (Å²) in [6.07, 6.45) is 3.62. The number of hydrogen-bond donors (Lipinski definition) is 1. The molecule has 0 saturated carbocycles. The van der Waals surface area contributed by atoms with Gasteiger partial charge >= 0.3 is 5.97 Å². The molecule has 1 atom stereocenters. The predicted molar refractivity (Wildman–Crippen MR) is 116 cm³/mol. The van der Waals surface area contributed by atoms with E-state index in [0.29, 0.717) is 21.7 Å². The number of thiophene rings is 1. The zero-order valence-electron chi connectivity index (χ0n) is 17.7. The molecular formula is C23H24N2O5S. The molecule has 1 aromatic heterocycles. The van der Waals surface area contributed by atoms with E-state index in [2.05, 4.69) is 5.32 Å². The molecule has 31 heavy (non-hydrogen) atoms. The molecule has 3 amide bonds. The Kier molecular flexibility index (Phi) is 5.66. The third-order valence-electron chi connectivity index (χ3n) is 5.80. The number of fused-ring (bicyclic) bond motifs is 2. The largest absolute Gasteiger partial charge is 0.465 e. The number of hydrogen-bond acceptors (Lipinski definition) is 6. The number of carbonyl (C=O) groups is 4. The van der Waals surface area contributed by atoms with E-state index in [4.69, 9.17) is 4.74 Å². The Morgan fingerprint density at radius 2 is 1.68 bits per heavy atom. The third kappa shape index (κ3) is 3.54. The van der Waals surface area contributed by atoms with Crippen molar-refractivity contribution < 1.29 is 23.9 Å². The van der Waals surface area contributed by atoms with Crippen LogP contribution in [0.5, 0.6) is 0 Å². The van der Waals surface area contributed by atoms with Gasteiger partial charge in [-0.1, -0.05) is 26.0 Å². The summed E-state index contributed by atoms with van der Waals surface area (Å²) in [6.45, 7) is 3.57. The molecule has 2 aliphatic rings. The van der Waals surface area contributed by atoms with Gasteiger partial charge in [-0.05, 0) is 49.3 Å². The van der Waals surface area contributed by atoms with Crippen molar-refractivity contribution in [2.45, 2.75) is 45.6 Å². The van der Waals surface area contributed by atoms with Crippen molar-refractivity contribution in [3.05, 3.63) is 51.4 Å². The van der Waals surface area contributed by atoms with Gasteiger partial charge in [-0.3, -0.25) is 19.3 Å². The van der Waals surface area contributed by atoms with Crippen LogP contribution in [0.2, 0.25) is 0 Å². The van der Waals surface area contributed by atoms with E-state index in [-0.39, 0.29) is 5.92 Å². The SMILES string of the molecule is COC(=O)c1c(NC(=O)C(C(C)C)N2C(=O)c3ccccc3C2=O)sc2c1CCCC2. The molecule has 0 spiro atoms. The number of esters is 1. The van der Waals surface area contributed by atoms with E-state index < -0.39 is 29.7 Å². The number of aryl methyl sites for hydroxylation is 1. The molecular weight excluding hydrogens is 416 g/mol. The summed E-state index contributed by atoms with van der Waals surface area (Å²) in [4.78, 5) is 53.8. The van der Waals surface area contributed by atoms with Gasteiger partial charge in [0.15, 0.2) is 0 Å². The molecule has 1 aliphatic carbocycles. The molecule has 0 bridgehead atoms. The van der Waals surface area contributed by atoms with Crippen LogP contribution in [0, 0.1) is 5.92 Å². The Bertz CT molecular complexity index is 1050. The number of ether oxygens (including phenoxy) is 1. The summed E-state index contributed by atoms with van der Waals surface area (Å²) in [5.74, 6) is -2.26. The fourth-order valence-electron chi connectivity index (χ4n) is 4.34. The lowest BCUT2D eigenvalue weighted by atomic mass is 9.95. The molecule has 162 valence electrons. The molecule has 0 radical (unpaired) electrons. The normalized spacial score (nSPS) is 16.2. The van der Waals surface area contributed by atoms with Gasteiger partial charge in [0.1, 0.15) is 11.0 Å². The van der Waals surface area contributed by atoms with Gasteiger partial charge in [0, 0.05) is 4.88 Å². The molecule has 7 nitrogen and oxygen atoms in total. The lowest BCUT2D eigenvalue weighted by molar-refractivity contribution is -0.121. The first-order valence-electron chi connectivity index (χ1n) is 10.4. The number of rotatable bonds is 5. The van der Waals surface area contributed by atoms with Gasteiger partial charge in [-0.2, -0.15) is 0 Å². The van der Waals surface area contributed by atoms with Crippen molar-refractivity contribution in [3.63, 3.8) is 0 Å². The molecule has 2 heterocycles. The number of nitrogens with zero attached hydrogens (tertiary/aromatic N) is 1. The van der Waals surface area contributed by atoms with Crippen LogP contribution in [0.4, 0.5) is 5.00 Å². The van der Waals surface area contributed by atoms with E-state index in [1.165, 1.54) is 18.4 Å². The summed E-state index contributed by atoms with van der Waals surface area (Å²) in [6, 6.07) is 5.56. The van der Waals surface area contributed by atoms with Gasteiger partial charge in [0.25, 0.3) is 11.8 Å².